The summed E-state index contributed by atoms with van der Waals surface area (Å²) in [6, 6.07) is 12.7. The molecule has 1 amide bonds. The van der Waals surface area contributed by atoms with Crippen molar-refractivity contribution in [1.82, 2.24) is 14.8 Å². The van der Waals surface area contributed by atoms with Crippen LogP contribution in [0.25, 0.3) is 0 Å². The Bertz CT molecular complexity index is 1260. The molecule has 1 aromatic carbocycles. The van der Waals surface area contributed by atoms with Crippen molar-refractivity contribution in [2.24, 2.45) is 0 Å². The number of hydrogen-bond donors (Lipinski definition) is 1. The summed E-state index contributed by atoms with van der Waals surface area (Å²) in [4.78, 5) is 30.8. The van der Waals surface area contributed by atoms with E-state index in [4.69, 9.17) is 14.6 Å². The number of piperidine rings is 2. The monoisotopic (exact) mass is 571 g/mol. The Morgan fingerprint density at radius 2 is 1.59 bits per heavy atom. The molecule has 0 atom stereocenters. The number of ether oxygens (including phenoxy) is 1. The fourth-order valence-electron chi connectivity index (χ4n) is 4.59. The summed E-state index contributed by atoms with van der Waals surface area (Å²) in [6.07, 6.45) is 0.1000. The molecule has 1 aromatic heterocycles. The van der Waals surface area contributed by atoms with Crippen LogP contribution in [-0.2, 0) is 14.6 Å². The van der Waals surface area contributed by atoms with Gasteiger partial charge in [0.05, 0.1) is 4.90 Å². The molecule has 9 nitrogen and oxygen atoms in total. The second-order valence-corrected chi connectivity index (χ2v) is 11.6. The van der Waals surface area contributed by atoms with E-state index in [1.807, 2.05) is 30.0 Å². The Morgan fingerprint density at radius 1 is 1.00 bits per heavy atom. The van der Waals surface area contributed by atoms with Gasteiger partial charge in [-0.3, -0.25) is 9.69 Å². The molecule has 214 valence electrons. The maximum absolute atomic E-state index is 12.9. The number of aromatic nitrogens is 1. The minimum absolute atomic E-state index is 0.0910. The summed E-state index contributed by atoms with van der Waals surface area (Å²) in [5.41, 5.74) is 1.40. The van der Waals surface area contributed by atoms with Crippen LogP contribution < -0.4 is 4.74 Å². The summed E-state index contributed by atoms with van der Waals surface area (Å²) in [6.45, 7) is 5.33. The van der Waals surface area contributed by atoms with Gasteiger partial charge in [-0.25, -0.2) is 18.2 Å². The molecule has 2 fully saturated rings. The first kappa shape index (κ1) is 30.4. The highest BCUT2D eigenvalue weighted by Gasteiger charge is 2.38. The number of rotatable bonds is 5. The summed E-state index contributed by atoms with van der Waals surface area (Å²) in [5, 5.41) is 7.12. The molecule has 0 unspecified atom stereocenters. The minimum atomic E-state index is -5.08. The number of likely N-dealkylation sites (tertiary alicyclic amines) is 2. The van der Waals surface area contributed by atoms with Gasteiger partial charge in [0.2, 0.25) is 5.88 Å². The Labute approximate surface area is 225 Å². The molecule has 0 aliphatic carbocycles. The second-order valence-electron chi connectivity index (χ2n) is 9.60. The van der Waals surface area contributed by atoms with Gasteiger partial charge in [-0.2, -0.15) is 13.2 Å². The zero-order valence-corrected chi connectivity index (χ0v) is 22.5. The predicted molar refractivity (Wildman–Crippen MR) is 136 cm³/mol. The van der Waals surface area contributed by atoms with Crippen molar-refractivity contribution >= 4 is 21.7 Å². The van der Waals surface area contributed by atoms with Gasteiger partial charge in [-0.1, -0.05) is 12.1 Å². The lowest BCUT2D eigenvalue weighted by atomic mass is 9.98. The standard InChI is InChI=1S/C24H31N3O4S.C2HF3O2/c1-18-5-3-8-23(25-18)31-21-11-15-26(16-12-21)20-9-13-27(14-10-20)24(28)19-6-4-7-22(17-19)32(2,29)30;3-2(4,5)1(6)7/h3-8,17,20-21H,9-16H2,1-2H3;(H,6,7). The molecular formula is C26H32F3N3O6S. The largest absolute Gasteiger partial charge is 0.490 e. The number of hydrogen-bond acceptors (Lipinski definition) is 7. The quantitative estimate of drug-likeness (QED) is 0.579. The number of halogens is 3. The predicted octanol–water partition coefficient (Wildman–Crippen LogP) is 3.57. The van der Waals surface area contributed by atoms with E-state index in [1.54, 1.807) is 12.1 Å². The number of carboxylic acid groups (broad SMARTS) is 1. The number of amides is 1. The number of nitrogens with zero attached hydrogens (tertiary/aromatic N) is 3. The highest BCUT2D eigenvalue weighted by atomic mass is 32.2. The van der Waals surface area contributed by atoms with Crippen LogP contribution in [0.1, 0.15) is 41.7 Å². The molecule has 0 bridgehead atoms. The SMILES string of the molecule is Cc1cccc(OC2CCN(C3CCN(C(=O)c4cccc(S(C)(=O)=O)c4)CC3)CC2)n1.O=C(O)C(F)(F)F. The van der Waals surface area contributed by atoms with Gasteiger partial charge in [-0.15, -0.1) is 0 Å². The van der Waals surface area contributed by atoms with Crippen LogP contribution in [-0.4, -0.2) is 90.9 Å². The van der Waals surface area contributed by atoms with Crippen LogP contribution in [0.4, 0.5) is 13.2 Å². The summed E-state index contributed by atoms with van der Waals surface area (Å²) >= 11 is 0. The topological polar surface area (TPSA) is 117 Å². The van der Waals surface area contributed by atoms with Gasteiger partial charge in [0.1, 0.15) is 6.10 Å². The summed E-state index contributed by atoms with van der Waals surface area (Å²) in [7, 11) is -3.33. The fraction of sp³-hybridized carbons (Fsp3) is 0.500. The first-order valence-electron chi connectivity index (χ1n) is 12.5. The number of pyridine rings is 1. The molecule has 3 heterocycles. The van der Waals surface area contributed by atoms with Crippen molar-refractivity contribution < 1.29 is 41.0 Å². The van der Waals surface area contributed by atoms with Gasteiger partial charge in [-0.05, 0) is 56.9 Å². The van der Waals surface area contributed by atoms with E-state index in [9.17, 15) is 26.4 Å². The third kappa shape index (κ3) is 8.92. The number of aryl methyl sites for hydroxylation is 1. The lowest BCUT2D eigenvalue weighted by molar-refractivity contribution is -0.192. The number of carbonyl (C=O) groups excluding carboxylic acids is 1. The van der Waals surface area contributed by atoms with Crippen LogP contribution in [0.2, 0.25) is 0 Å². The molecule has 2 saturated heterocycles. The number of carbonyl (C=O) groups is 2. The Morgan fingerprint density at radius 3 is 2.13 bits per heavy atom. The third-order valence-corrected chi connectivity index (χ3v) is 7.76. The first-order chi connectivity index (χ1) is 18.2. The molecule has 2 aromatic rings. The first-order valence-corrected chi connectivity index (χ1v) is 14.4. The zero-order valence-electron chi connectivity index (χ0n) is 21.7. The third-order valence-electron chi connectivity index (χ3n) is 6.65. The van der Waals surface area contributed by atoms with E-state index < -0.39 is 22.0 Å². The zero-order chi connectivity index (χ0) is 28.8. The van der Waals surface area contributed by atoms with Crippen molar-refractivity contribution in [3.63, 3.8) is 0 Å². The molecule has 2 aliphatic heterocycles. The minimum Gasteiger partial charge on any atom is -0.475 e. The average molecular weight is 572 g/mol. The number of carboxylic acids is 1. The van der Waals surface area contributed by atoms with Gasteiger partial charge in [0.25, 0.3) is 5.91 Å². The van der Waals surface area contributed by atoms with Crippen molar-refractivity contribution in [3.05, 3.63) is 53.7 Å². The normalized spacial score (nSPS) is 17.7. The van der Waals surface area contributed by atoms with Crippen LogP contribution in [0.3, 0.4) is 0 Å². The van der Waals surface area contributed by atoms with Gasteiger partial charge in [0, 0.05) is 55.8 Å². The van der Waals surface area contributed by atoms with Crippen molar-refractivity contribution in [2.45, 2.75) is 55.8 Å². The molecule has 4 rings (SSSR count). The van der Waals surface area contributed by atoms with E-state index in [0.29, 0.717) is 30.6 Å². The molecule has 13 heteroatoms. The molecular weight excluding hydrogens is 539 g/mol. The smallest absolute Gasteiger partial charge is 0.475 e. The molecule has 0 spiro atoms. The van der Waals surface area contributed by atoms with E-state index in [-0.39, 0.29) is 16.9 Å². The van der Waals surface area contributed by atoms with Crippen LogP contribution in [0.5, 0.6) is 5.88 Å². The van der Waals surface area contributed by atoms with Crippen LogP contribution in [0, 0.1) is 6.92 Å². The molecule has 2 aliphatic rings. The average Bonchev–Trinajstić information content (AvgIpc) is 2.88. The Kier molecular flexibility index (Phi) is 9.94. The van der Waals surface area contributed by atoms with Crippen LogP contribution in [0.15, 0.2) is 47.4 Å². The Hall–Kier alpha value is -3.19. The van der Waals surface area contributed by atoms with Crippen molar-refractivity contribution in [1.29, 1.82) is 0 Å². The van der Waals surface area contributed by atoms with Gasteiger partial charge in [0.15, 0.2) is 9.84 Å². The Balaban J connectivity index is 0.000000532. The molecule has 39 heavy (non-hydrogen) atoms. The number of alkyl halides is 3. The van der Waals surface area contributed by atoms with Gasteiger partial charge >= 0.3 is 12.1 Å². The van der Waals surface area contributed by atoms with E-state index in [0.717, 1.165) is 50.7 Å². The number of aliphatic carboxylic acids is 1. The highest BCUT2D eigenvalue weighted by molar-refractivity contribution is 7.90. The van der Waals surface area contributed by atoms with E-state index in [1.165, 1.54) is 12.1 Å². The second kappa shape index (κ2) is 12.8. The maximum atomic E-state index is 12.9. The summed E-state index contributed by atoms with van der Waals surface area (Å²) in [5.74, 6) is -2.14. The van der Waals surface area contributed by atoms with Crippen molar-refractivity contribution in [2.75, 3.05) is 32.4 Å². The lowest BCUT2D eigenvalue weighted by Crippen LogP contribution is -2.50. The number of benzene rings is 1. The molecule has 0 radical (unpaired) electrons. The summed E-state index contributed by atoms with van der Waals surface area (Å²) < 4.78 is 61.4. The number of sulfone groups is 1. The molecule has 1 N–H and O–H groups in total. The molecule has 0 saturated carbocycles. The van der Waals surface area contributed by atoms with Crippen LogP contribution >= 0.6 is 0 Å². The highest BCUT2D eigenvalue weighted by Crippen LogP contribution is 2.24. The van der Waals surface area contributed by atoms with Gasteiger partial charge < -0.3 is 14.7 Å². The fourth-order valence-corrected chi connectivity index (χ4v) is 5.26. The lowest BCUT2D eigenvalue weighted by Gasteiger charge is -2.41. The van der Waals surface area contributed by atoms with Crippen molar-refractivity contribution in [3.8, 4) is 5.88 Å². The van der Waals surface area contributed by atoms with E-state index >= 15 is 0 Å². The van der Waals surface area contributed by atoms with E-state index in [2.05, 4.69) is 9.88 Å². The maximum Gasteiger partial charge on any atom is 0.490 e.